The van der Waals surface area contributed by atoms with Crippen molar-refractivity contribution in [2.24, 2.45) is 0 Å². The van der Waals surface area contributed by atoms with Crippen molar-refractivity contribution in [3.05, 3.63) is 102 Å². The van der Waals surface area contributed by atoms with E-state index in [1.807, 2.05) is 78.9 Å². The number of rotatable bonds is 5. The first-order chi connectivity index (χ1) is 11.8. The molecule has 3 aromatic rings. The van der Waals surface area contributed by atoms with Crippen LogP contribution in [0.3, 0.4) is 0 Å². The van der Waals surface area contributed by atoms with Gasteiger partial charge in [0.25, 0.3) is 5.91 Å². The van der Waals surface area contributed by atoms with Gasteiger partial charge in [0.2, 0.25) is 0 Å². The van der Waals surface area contributed by atoms with Gasteiger partial charge < -0.3 is 4.90 Å². The molecule has 118 valence electrons. The fraction of sp³-hybridized carbons (Fsp3) is 0.0476. The topological polar surface area (TPSA) is 33.2 Å². The maximum absolute atomic E-state index is 12.7. The zero-order valence-corrected chi connectivity index (χ0v) is 13.2. The number of aromatic nitrogens is 1. The molecule has 3 heteroatoms. The van der Waals surface area contributed by atoms with Crippen LogP contribution in [0.15, 0.2) is 91.1 Å². The average Bonchev–Trinajstić information content (AvgIpc) is 2.66. The maximum Gasteiger partial charge on any atom is 0.251 e. The van der Waals surface area contributed by atoms with Crippen molar-refractivity contribution in [3.63, 3.8) is 0 Å². The lowest BCUT2D eigenvalue weighted by Gasteiger charge is -2.21. The summed E-state index contributed by atoms with van der Waals surface area (Å²) in [6.07, 6.45) is 5.02. The number of anilines is 1. The summed E-state index contributed by atoms with van der Waals surface area (Å²) in [6, 6.07) is 25.3. The molecule has 0 spiro atoms. The number of pyridine rings is 1. The fourth-order valence-corrected chi connectivity index (χ4v) is 2.39. The van der Waals surface area contributed by atoms with E-state index in [-0.39, 0.29) is 5.91 Å². The fourth-order valence-electron chi connectivity index (χ4n) is 2.39. The van der Waals surface area contributed by atoms with Gasteiger partial charge >= 0.3 is 0 Å². The first kappa shape index (κ1) is 15.7. The molecule has 3 nitrogen and oxygen atoms in total. The van der Waals surface area contributed by atoms with Gasteiger partial charge in [-0.25, -0.2) is 0 Å². The molecular weight excluding hydrogens is 296 g/mol. The Balaban J connectivity index is 1.84. The number of carbonyl (C=O) groups is 1. The third kappa shape index (κ3) is 4.17. The highest BCUT2D eigenvalue weighted by molar-refractivity contribution is 6.03. The molecule has 0 bridgehead atoms. The van der Waals surface area contributed by atoms with E-state index in [1.54, 1.807) is 23.2 Å². The largest absolute Gasteiger partial charge is 0.304 e. The lowest BCUT2D eigenvalue weighted by atomic mass is 10.2. The molecule has 0 unspecified atom stereocenters. The Labute approximate surface area is 141 Å². The molecule has 3 rings (SSSR count). The molecule has 0 saturated carbocycles. The highest BCUT2D eigenvalue weighted by Gasteiger charge is 2.13. The van der Waals surface area contributed by atoms with Crippen LogP contribution in [0.2, 0.25) is 0 Å². The molecule has 0 saturated heterocycles. The van der Waals surface area contributed by atoms with Crippen molar-refractivity contribution < 1.29 is 4.79 Å². The van der Waals surface area contributed by atoms with Gasteiger partial charge in [0.05, 0.1) is 12.2 Å². The zero-order chi connectivity index (χ0) is 16.6. The van der Waals surface area contributed by atoms with Crippen LogP contribution >= 0.6 is 0 Å². The van der Waals surface area contributed by atoms with Crippen LogP contribution < -0.4 is 4.90 Å². The molecule has 0 aliphatic rings. The van der Waals surface area contributed by atoms with Crippen LogP contribution in [0, 0.1) is 0 Å². The molecule has 1 amide bonds. The number of carbonyl (C=O) groups excluding carboxylic acids is 1. The van der Waals surface area contributed by atoms with Crippen LogP contribution in [-0.4, -0.2) is 10.9 Å². The van der Waals surface area contributed by atoms with Crippen molar-refractivity contribution in [3.8, 4) is 0 Å². The Bertz CT molecular complexity index is 799. The van der Waals surface area contributed by atoms with E-state index < -0.39 is 0 Å². The summed E-state index contributed by atoms with van der Waals surface area (Å²) in [6.45, 7) is 0.524. The molecule has 0 radical (unpaired) electrons. The number of amides is 1. The summed E-state index contributed by atoms with van der Waals surface area (Å²) < 4.78 is 0. The number of hydrogen-bond donors (Lipinski definition) is 0. The number of hydrogen-bond acceptors (Lipinski definition) is 2. The molecular formula is C21H18N2O. The van der Waals surface area contributed by atoms with E-state index in [1.165, 1.54) is 0 Å². The Morgan fingerprint density at radius 2 is 1.54 bits per heavy atom. The molecule has 0 fully saturated rings. The van der Waals surface area contributed by atoms with E-state index in [4.69, 9.17) is 0 Å². The summed E-state index contributed by atoms with van der Waals surface area (Å²) in [7, 11) is 0. The normalized spacial score (nSPS) is 10.7. The second kappa shape index (κ2) is 7.88. The predicted molar refractivity (Wildman–Crippen MR) is 97.3 cm³/mol. The Hall–Kier alpha value is -3.20. The van der Waals surface area contributed by atoms with Crippen molar-refractivity contribution in [2.75, 3.05) is 4.90 Å². The molecule has 1 heterocycles. The van der Waals surface area contributed by atoms with E-state index in [9.17, 15) is 4.79 Å². The van der Waals surface area contributed by atoms with Gasteiger partial charge in [-0.3, -0.25) is 9.78 Å². The number of para-hydroxylation sites is 1. The van der Waals surface area contributed by atoms with E-state index in [0.717, 1.165) is 16.9 Å². The Morgan fingerprint density at radius 1 is 0.875 bits per heavy atom. The second-order valence-corrected chi connectivity index (χ2v) is 5.33. The van der Waals surface area contributed by atoms with Crippen molar-refractivity contribution in [1.29, 1.82) is 0 Å². The van der Waals surface area contributed by atoms with Crippen LogP contribution in [0.4, 0.5) is 5.69 Å². The third-order valence-electron chi connectivity index (χ3n) is 3.60. The zero-order valence-electron chi connectivity index (χ0n) is 13.2. The average molecular weight is 314 g/mol. The Morgan fingerprint density at radius 3 is 2.21 bits per heavy atom. The summed E-state index contributed by atoms with van der Waals surface area (Å²) in [5.41, 5.74) is 2.72. The Kier molecular flexibility index (Phi) is 5.15. The number of benzene rings is 2. The summed E-state index contributed by atoms with van der Waals surface area (Å²) in [4.78, 5) is 18.7. The summed E-state index contributed by atoms with van der Waals surface area (Å²) >= 11 is 0. The van der Waals surface area contributed by atoms with Crippen molar-refractivity contribution >= 4 is 17.7 Å². The van der Waals surface area contributed by atoms with E-state index in [0.29, 0.717) is 6.54 Å². The smallest absolute Gasteiger partial charge is 0.251 e. The second-order valence-electron chi connectivity index (χ2n) is 5.33. The van der Waals surface area contributed by atoms with Crippen molar-refractivity contribution in [2.45, 2.75) is 6.54 Å². The molecule has 0 aliphatic carbocycles. The standard InChI is InChI=1S/C21H18N2O/c24-21(15-14-19-11-7-8-16-22-19)23(20-12-5-2-6-13-20)17-18-9-3-1-4-10-18/h1-16H,17H2. The lowest BCUT2D eigenvalue weighted by molar-refractivity contribution is -0.114. The summed E-state index contributed by atoms with van der Waals surface area (Å²) in [5, 5.41) is 0. The minimum Gasteiger partial charge on any atom is -0.304 e. The highest BCUT2D eigenvalue weighted by atomic mass is 16.2. The summed E-state index contributed by atoms with van der Waals surface area (Å²) in [5.74, 6) is -0.0734. The molecule has 0 atom stereocenters. The predicted octanol–water partition coefficient (Wildman–Crippen LogP) is 4.33. The van der Waals surface area contributed by atoms with Gasteiger partial charge in [0, 0.05) is 18.0 Å². The van der Waals surface area contributed by atoms with Gasteiger partial charge in [-0.05, 0) is 35.9 Å². The van der Waals surface area contributed by atoms with Crippen molar-refractivity contribution in [1.82, 2.24) is 4.98 Å². The molecule has 1 aromatic heterocycles. The van der Waals surface area contributed by atoms with Crippen LogP contribution in [0.5, 0.6) is 0 Å². The first-order valence-corrected chi connectivity index (χ1v) is 7.82. The van der Waals surface area contributed by atoms with Gasteiger partial charge in [-0.1, -0.05) is 54.6 Å². The lowest BCUT2D eigenvalue weighted by Crippen LogP contribution is -2.28. The molecule has 24 heavy (non-hydrogen) atoms. The van der Waals surface area contributed by atoms with Gasteiger partial charge in [-0.15, -0.1) is 0 Å². The molecule has 0 N–H and O–H groups in total. The van der Waals surface area contributed by atoms with Gasteiger partial charge in [0.15, 0.2) is 0 Å². The monoisotopic (exact) mass is 314 g/mol. The minimum absolute atomic E-state index is 0.0734. The minimum atomic E-state index is -0.0734. The van der Waals surface area contributed by atoms with E-state index in [2.05, 4.69) is 4.98 Å². The molecule has 0 aliphatic heterocycles. The maximum atomic E-state index is 12.7. The van der Waals surface area contributed by atoms with Gasteiger partial charge in [-0.2, -0.15) is 0 Å². The van der Waals surface area contributed by atoms with Crippen LogP contribution in [0.25, 0.3) is 6.08 Å². The van der Waals surface area contributed by atoms with Crippen LogP contribution in [0.1, 0.15) is 11.3 Å². The van der Waals surface area contributed by atoms with Crippen LogP contribution in [-0.2, 0) is 11.3 Å². The third-order valence-corrected chi connectivity index (χ3v) is 3.60. The SMILES string of the molecule is O=C(C=Cc1ccccn1)N(Cc1ccccc1)c1ccccc1. The number of nitrogens with zero attached hydrogens (tertiary/aromatic N) is 2. The molecule has 2 aromatic carbocycles. The van der Waals surface area contributed by atoms with E-state index >= 15 is 0 Å². The van der Waals surface area contributed by atoms with Gasteiger partial charge in [0.1, 0.15) is 0 Å². The quantitative estimate of drug-likeness (QED) is 0.657. The first-order valence-electron chi connectivity index (χ1n) is 7.82. The highest BCUT2D eigenvalue weighted by Crippen LogP contribution is 2.17.